The first kappa shape index (κ1) is 55.8. The molecule has 2 aromatic rings. The largest absolute Gasteiger partial charge is 0.477 e. The summed E-state index contributed by atoms with van der Waals surface area (Å²) in [5.74, 6) is -6.51. The third-order valence-electron chi connectivity index (χ3n) is 10.3. The van der Waals surface area contributed by atoms with Gasteiger partial charge in [-0.05, 0) is 44.3 Å². The number of nitrogens with zero attached hydrogens (tertiary/aromatic N) is 8. The molecule has 2 aliphatic rings. The molecule has 71 heavy (non-hydrogen) atoms. The normalized spacial score (nSPS) is 21.2. The minimum Gasteiger partial charge on any atom is -0.477 e. The number of alkyl carbamates (subject to hydrolysis) is 2. The molecule has 392 valence electrons. The first-order valence-electron chi connectivity index (χ1n) is 21.9. The van der Waals surface area contributed by atoms with Gasteiger partial charge in [0, 0.05) is 52.4 Å². The number of aliphatic carboxylic acids is 2. The third kappa shape index (κ3) is 17.3. The van der Waals surface area contributed by atoms with E-state index in [2.05, 4.69) is 51.9 Å². The predicted octanol–water partition coefficient (Wildman–Crippen LogP) is -6.25. The van der Waals surface area contributed by atoms with Crippen molar-refractivity contribution in [2.45, 2.75) is 120 Å². The Balaban J connectivity index is 1.21. The van der Waals surface area contributed by atoms with Crippen LogP contribution in [0.4, 0.5) is 9.59 Å². The Morgan fingerprint density at radius 2 is 1.06 bits per heavy atom. The zero-order chi connectivity index (χ0) is 52.4. The van der Waals surface area contributed by atoms with Crippen molar-refractivity contribution in [2.75, 3.05) is 26.3 Å². The minimum atomic E-state index is -1.79. The SMILES string of the molecule is CC(=O)N[C@H]1[C@H]([C@H](OC(=O)NCCCn2cc(CCCc3cn(CCCNC(=O)O[C@@H]([C@@H]4OC(C(=O)O)=C[C@H](N=C(N)N)[C@H]4NC(C)=O)[C@H](O)CO)nn3)nn2)[C@H](O)CO)OC(C(=O)O)=C[C@@H]1N=C(N)N. The van der Waals surface area contributed by atoms with Crippen LogP contribution < -0.4 is 44.2 Å². The maximum absolute atomic E-state index is 12.9. The van der Waals surface area contributed by atoms with Crippen LogP contribution in [0.3, 0.4) is 0 Å². The summed E-state index contributed by atoms with van der Waals surface area (Å²) in [6, 6.07) is -4.90. The molecule has 4 heterocycles. The van der Waals surface area contributed by atoms with Gasteiger partial charge in [-0.1, -0.05) is 10.4 Å². The van der Waals surface area contributed by atoms with Crippen LogP contribution in [0.15, 0.2) is 46.0 Å². The van der Waals surface area contributed by atoms with E-state index in [9.17, 15) is 59.4 Å². The van der Waals surface area contributed by atoms with Gasteiger partial charge >= 0.3 is 24.1 Å². The number of carboxylic acid groups (broad SMARTS) is 2. The quantitative estimate of drug-likeness (QED) is 0.0237. The van der Waals surface area contributed by atoms with Gasteiger partial charge < -0.3 is 93.8 Å². The Morgan fingerprint density at radius 1 is 0.676 bits per heavy atom. The average molecular weight is 1010 g/mol. The molecule has 10 atom stereocenters. The van der Waals surface area contributed by atoms with E-state index >= 15 is 0 Å². The molecule has 18 N–H and O–H groups in total. The Morgan fingerprint density at radius 3 is 1.38 bits per heavy atom. The number of nitrogens with one attached hydrogen (secondary N) is 4. The van der Waals surface area contributed by atoms with Gasteiger partial charge in [-0.15, -0.1) is 10.2 Å². The molecule has 2 aromatic heterocycles. The summed E-state index contributed by atoms with van der Waals surface area (Å²) in [7, 11) is 0. The van der Waals surface area contributed by atoms with Crippen molar-refractivity contribution in [3.8, 4) is 0 Å². The first-order valence-corrected chi connectivity index (χ1v) is 21.9. The van der Waals surface area contributed by atoms with Gasteiger partial charge in [0.1, 0.15) is 12.2 Å². The monoisotopic (exact) mass is 1010 g/mol. The molecule has 0 saturated carbocycles. The van der Waals surface area contributed by atoms with Crippen LogP contribution in [0.5, 0.6) is 0 Å². The Hall–Kier alpha value is -7.84. The number of nitrogens with two attached hydrogens (primary N) is 4. The van der Waals surface area contributed by atoms with Gasteiger partial charge in [0.25, 0.3) is 0 Å². The summed E-state index contributed by atoms with van der Waals surface area (Å²) in [6.07, 6.45) is -4.31. The van der Waals surface area contributed by atoms with E-state index in [1.807, 2.05) is 0 Å². The van der Waals surface area contributed by atoms with E-state index in [4.69, 9.17) is 41.9 Å². The van der Waals surface area contributed by atoms with Crippen molar-refractivity contribution in [1.29, 1.82) is 0 Å². The Labute approximate surface area is 403 Å². The number of aromatic nitrogens is 6. The smallest absolute Gasteiger partial charge is 0.407 e. The summed E-state index contributed by atoms with van der Waals surface area (Å²) >= 11 is 0. The molecule has 0 aliphatic carbocycles. The second-order valence-electron chi connectivity index (χ2n) is 16.0. The van der Waals surface area contributed by atoms with E-state index in [0.717, 1.165) is 26.0 Å². The summed E-state index contributed by atoms with van der Waals surface area (Å²) in [4.78, 5) is 81.4. The first-order chi connectivity index (χ1) is 33.7. The van der Waals surface area contributed by atoms with E-state index in [1.165, 1.54) is 0 Å². The maximum Gasteiger partial charge on any atom is 0.407 e. The maximum atomic E-state index is 12.9. The lowest BCUT2D eigenvalue weighted by Crippen LogP contribution is -2.61. The van der Waals surface area contributed by atoms with Crippen molar-refractivity contribution in [2.24, 2.45) is 32.9 Å². The number of carbonyl (C=O) groups is 6. The van der Waals surface area contributed by atoms with Crippen LogP contribution in [0.25, 0.3) is 0 Å². The fraction of sp³-hybridized carbons (Fsp3) is 0.590. The second-order valence-corrected chi connectivity index (χ2v) is 16.0. The summed E-state index contributed by atoms with van der Waals surface area (Å²) in [5.41, 5.74) is 23.4. The number of aryl methyl sites for hydroxylation is 4. The van der Waals surface area contributed by atoms with Gasteiger partial charge in [0.05, 0.1) is 48.8 Å². The number of aliphatic hydroxyl groups is 4. The molecule has 0 bridgehead atoms. The van der Waals surface area contributed by atoms with E-state index in [0.29, 0.717) is 56.6 Å². The molecule has 32 nitrogen and oxygen atoms in total. The molecule has 0 aromatic carbocycles. The van der Waals surface area contributed by atoms with Crippen LogP contribution >= 0.6 is 0 Å². The van der Waals surface area contributed by atoms with Gasteiger partial charge in [-0.2, -0.15) is 0 Å². The van der Waals surface area contributed by atoms with Crippen molar-refractivity contribution in [3.05, 3.63) is 47.5 Å². The van der Waals surface area contributed by atoms with Crippen LogP contribution in [0.2, 0.25) is 0 Å². The van der Waals surface area contributed by atoms with Crippen molar-refractivity contribution < 1.29 is 78.4 Å². The summed E-state index contributed by atoms with van der Waals surface area (Å²) in [5, 5.41) is 86.6. The Kier molecular flexibility index (Phi) is 21.0. The van der Waals surface area contributed by atoms with Crippen molar-refractivity contribution >= 4 is 47.9 Å². The highest BCUT2D eigenvalue weighted by Gasteiger charge is 2.48. The fourth-order valence-corrected chi connectivity index (χ4v) is 7.30. The van der Waals surface area contributed by atoms with Crippen molar-refractivity contribution in [1.82, 2.24) is 51.3 Å². The third-order valence-corrected chi connectivity index (χ3v) is 10.3. The number of carbonyl (C=O) groups excluding carboxylic acids is 4. The van der Waals surface area contributed by atoms with Gasteiger partial charge in [-0.25, -0.2) is 29.2 Å². The number of guanidine groups is 2. The second kappa shape index (κ2) is 26.8. The van der Waals surface area contributed by atoms with Crippen LogP contribution in [-0.4, -0.2) is 196 Å². The number of hydrogen-bond acceptors (Lipinski definition) is 20. The molecule has 0 saturated heterocycles. The van der Waals surface area contributed by atoms with Crippen LogP contribution in [-0.2, 0) is 64.1 Å². The number of rotatable bonds is 26. The number of aliphatic hydroxyl groups excluding tert-OH is 4. The predicted molar refractivity (Wildman–Crippen MR) is 240 cm³/mol. The lowest BCUT2D eigenvalue weighted by Gasteiger charge is -2.39. The molecule has 2 aliphatic heterocycles. The highest BCUT2D eigenvalue weighted by Crippen LogP contribution is 2.28. The highest BCUT2D eigenvalue weighted by atomic mass is 16.6. The lowest BCUT2D eigenvalue weighted by molar-refractivity contribution is -0.147. The van der Waals surface area contributed by atoms with E-state index in [1.54, 1.807) is 21.8 Å². The van der Waals surface area contributed by atoms with Gasteiger partial charge in [0.2, 0.25) is 23.3 Å². The summed E-state index contributed by atoms with van der Waals surface area (Å²) in [6.45, 7) is 1.19. The topological polar surface area (TPSA) is 499 Å². The molecule has 0 unspecified atom stereocenters. The number of hydrogen-bond donors (Lipinski definition) is 14. The standard InChI is InChI=1S/C39H60N16O16/c1-18(58)46-28-22(48-36(40)41)12-26(34(62)63)68-32(28)30(24(60)16-56)70-38(66)44-8-4-10-54-14-20(50-52-54)6-3-7-21-15-55(53-51-21)11-5-9-45-39(67)71-31(25(61)17-57)33-29(47-19(2)59)23(49-37(42)43)13-27(69-33)35(64)65/h12-15,22-25,28-33,56-57,60-61H,3-11,16-17H2,1-2H3,(H,44,66)(H,45,67)(H,46,58)(H,47,59)(H,62,63)(H,64,65)(H4,40,41,48)(H4,42,43,49)/t22-,23-,24+,25+,28+,29+,30+,31+,32+,33+/m0/s1. The molecular weight excluding hydrogens is 949 g/mol. The van der Waals surface area contributed by atoms with Gasteiger partial charge in [0.15, 0.2) is 36.3 Å². The zero-order valence-electron chi connectivity index (χ0n) is 38.5. The molecule has 4 rings (SSSR count). The van der Waals surface area contributed by atoms with Gasteiger partial charge in [-0.3, -0.25) is 19.0 Å². The zero-order valence-corrected chi connectivity index (χ0v) is 38.5. The molecule has 0 fully saturated rings. The average Bonchev–Trinajstić information content (AvgIpc) is 3.96. The lowest BCUT2D eigenvalue weighted by atomic mass is 9.92. The van der Waals surface area contributed by atoms with Crippen molar-refractivity contribution in [3.63, 3.8) is 0 Å². The number of amides is 4. The number of ether oxygens (including phenoxy) is 4. The molecule has 0 radical (unpaired) electrons. The highest BCUT2D eigenvalue weighted by molar-refractivity contribution is 5.86. The van der Waals surface area contributed by atoms with Crippen LogP contribution in [0.1, 0.15) is 44.5 Å². The summed E-state index contributed by atoms with van der Waals surface area (Å²) < 4.78 is 25.0. The Bertz CT molecular complexity index is 2120. The number of carboxylic acids is 2. The number of aliphatic imine (C=N–C) groups is 2. The minimum absolute atomic E-state index is 0.0495. The molecule has 0 spiro atoms. The van der Waals surface area contributed by atoms with E-state index < -0.39 is 133 Å². The fourth-order valence-electron chi connectivity index (χ4n) is 7.30. The van der Waals surface area contributed by atoms with E-state index in [-0.39, 0.29) is 13.1 Å². The molecule has 32 heteroatoms. The van der Waals surface area contributed by atoms with Crippen LogP contribution in [0, 0.1) is 0 Å². The molecule has 4 amide bonds. The molecular formula is C39H60N16O16.